The van der Waals surface area contributed by atoms with E-state index in [0.717, 1.165) is 0 Å². The SMILES string of the molecule is NCCCC[C@H](NC(=O)[C@@H]1CCCN1C(=O)[C@H](CCCN=C(N)N)NC(=O)[C@H](CCCCN)NC(=O)[C@@H](N)CCCCN)C(=O)O. The van der Waals surface area contributed by atoms with Crippen molar-refractivity contribution in [3.63, 3.8) is 0 Å². The highest BCUT2D eigenvalue weighted by atomic mass is 16.4. The fourth-order valence-corrected chi connectivity index (χ4v) is 5.23. The Morgan fingerprint density at radius 1 is 0.739 bits per heavy atom. The summed E-state index contributed by atoms with van der Waals surface area (Å²) < 4.78 is 0. The maximum Gasteiger partial charge on any atom is 0.326 e. The van der Waals surface area contributed by atoms with E-state index in [-0.39, 0.29) is 38.3 Å². The summed E-state index contributed by atoms with van der Waals surface area (Å²) in [6, 6.07) is -4.90. The summed E-state index contributed by atoms with van der Waals surface area (Å²) in [7, 11) is 0. The molecule has 5 atom stereocenters. The van der Waals surface area contributed by atoms with Gasteiger partial charge in [-0.2, -0.15) is 0 Å². The van der Waals surface area contributed by atoms with Gasteiger partial charge in [0.25, 0.3) is 0 Å². The predicted molar refractivity (Wildman–Crippen MR) is 175 cm³/mol. The van der Waals surface area contributed by atoms with Gasteiger partial charge >= 0.3 is 5.97 Å². The van der Waals surface area contributed by atoms with Crippen molar-refractivity contribution in [2.75, 3.05) is 32.7 Å². The minimum absolute atomic E-state index is 0.117. The van der Waals surface area contributed by atoms with E-state index >= 15 is 0 Å². The molecule has 1 fully saturated rings. The van der Waals surface area contributed by atoms with Gasteiger partial charge in [0.1, 0.15) is 24.2 Å². The molecule has 17 nitrogen and oxygen atoms in total. The molecule has 1 aliphatic heterocycles. The number of hydrogen-bond donors (Lipinski definition) is 10. The molecule has 46 heavy (non-hydrogen) atoms. The summed E-state index contributed by atoms with van der Waals surface area (Å²) >= 11 is 0. The lowest BCUT2D eigenvalue weighted by atomic mass is 10.0. The number of carbonyl (C=O) groups excluding carboxylic acids is 4. The number of amides is 4. The molecule has 0 spiro atoms. The second-order valence-corrected chi connectivity index (χ2v) is 11.6. The van der Waals surface area contributed by atoms with Crippen molar-refractivity contribution in [1.82, 2.24) is 20.9 Å². The van der Waals surface area contributed by atoms with Gasteiger partial charge in [-0.15, -0.1) is 0 Å². The van der Waals surface area contributed by atoms with Crippen molar-refractivity contribution < 1.29 is 29.1 Å². The van der Waals surface area contributed by atoms with Crippen molar-refractivity contribution in [2.24, 2.45) is 39.4 Å². The molecule has 1 rings (SSSR count). The van der Waals surface area contributed by atoms with Crippen LogP contribution in [0.5, 0.6) is 0 Å². The molecule has 17 heteroatoms. The Hall–Kier alpha value is -3.54. The first-order valence-electron chi connectivity index (χ1n) is 16.3. The third-order valence-electron chi connectivity index (χ3n) is 7.85. The van der Waals surface area contributed by atoms with Crippen molar-refractivity contribution >= 4 is 35.6 Å². The first kappa shape index (κ1) is 40.5. The van der Waals surface area contributed by atoms with Crippen LogP contribution in [0.4, 0.5) is 0 Å². The van der Waals surface area contributed by atoms with Crippen LogP contribution in [0, 0.1) is 0 Å². The molecule has 264 valence electrons. The van der Waals surface area contributed by atoms with Gasteiger partial charge in [0.05, 0.1) is 6.04 Å². The van der Waals surface area contributed by atoms with Crippen LogP contribution in [0.2, 0.25) is 0 Å². The van der Waals surface area contributed by atoms with Crippen molar-refractivity contribution in [2.45, 2.75) is 114 Å². The average molecular weight is 656 g/mol. The highest BCUT2D eigenvalue weighted by molar-refractivity contribution is 5.95. The monoisotopic (exact) mass is 655 g/mol. The molecule has 0 aromatic rings. The van der Waals surface area contributed by atoms with Crippen LogP contribution < -0.4 is 50.4 Å². The number of guanidine groups is 1. The zero-order valence-electron chi connectivity index (χ0n) is 27.0. The first-order chi connectivity index (χ1) is 22.0. The minimum Gasteiger partial charge on any atom is -0.480 e. The van der Waals surface area contributed by atoms with Gasteiger partial charge in [0.2, 0.25) is 23.6 Å². The average Bonchev–Trinajstić information content (AvgIpc) is 3.51. The van der Waals surface area contributed by atoms with Crippen LogP contribution in [0.15, 0.2) is 4.99 Å². The van der Waals surface area contributed by atoms with E-state index in [2.05, 4.69) is 20.9 Å². The summed E-state index contributed by atoms with van der Waals surface area (Å²) in [6.45, 7) is 1.73. The zero-order chi connectivity index (χ0) is 34.5. The molecule has 0 radical (unpaired) electrons. The fraction of sp³-hybridized carbons (Fsp3) is 0.793. The number of carboxylic acids is 1. The first-order valence-corrected chi connectivity index (χ1v) is 16.3. The summed E-state index contributed by atoms with van der Waals surface area (Å²) in [5.74, 6) is -3.44. The molecule has 0 saturated carbocycles. The van der Waals surface area contributed by atoms with Crippen molar-refractivity contribution in [3.8, 4) is 0 Å². The van der Waals surface area contributed by atoms with Crippen LogP contribution in [-0.2, 0) is 24.0 Å². The van der Waals surface area contributed by atoms with E-state index in [0.29, 0.717) is 83.8 Å². The minimum atomic E-state index is -1.17. The smallest absolute Gasteiger partial charge is 0.326 e. The fourth-order valence-electron chi connectivity index (χ4n) is 5.23. The van der Waals surface area contributed by atoms with E-state index in [9.17, 15) is 29.1 Å². The van der Waals surface area contributed by atoms with E-state index in [1.54, 1.807) is 0 Å². The Balaban J connectivity index is 3.13. The summed E-state index contributed by atoms with van der Waals surface area (Å²) in [6.07, 6.45) is 5.88. The van der Waals surface area contributed by atoms with Gasteiger partial charge in [-0.25, -0.2) is 4.79 Å². The molecule has 1 saturated heterocycles. The third kappa shape index (κ3) is 15.2. The second-order valence-electron chi connectivity index (χ2n) is 11.6. The second kappa shape index (κ2) is 22.9. The number of nitrogens with two attached hydrogens (primary N) is 6. The number of nitrogens with one attached hydrogen (secondary N) is 3. The Bertz CT molecular complexity index is 995. The van der Waals surface area contributed by atoms with E-state index in [4.69, 9.17) is 34.4 Å². The summed E-state index contributed by atoms with van der Waals surface area (Å²) in [5.41, 5.74) is 33.6. The summed E-state index contributed by atoms with van der Waals surface area (Å²) in [5, 5.41) is 17.7. The van der Waals surface area contributed by atoms with Gasteiger partial charge in [0.15, 0.2) is 5.96 Å². The van der Waals surface area contributed by atoms with Gasteiger partial charge in [-0.1, -0.05) is 6.42 Å². The van der Waals surface area contributed by atoms with Crippen LogP contribution in [-0.4, -0.2) is 108 Å². The molecule has 4 amide bonds. The molecule has 16 N–H and O–H groups in total. The molecular weight excluding hydrogens is 598 g/mol. The number of nitrogens with zero attached hydrogens (tertiary/aromatic N) is 2. The van der Waals surface area contributed by atoms with Crippen LogP contribution in [0.3, 0.4) is 0 Å². The number of aliphatic carboxylic acids is 1. The lowest BCUT2D eigenvalue weighted by Gasteiger charge is -2.30. The van der Waals surface area contributed by atoms with E-state index in [1.165, 1.54) is 4.90 Å². The maximum absolute atomic E-state index is 13.9. The van der Waals surface area contributed by atoms with Crippen LogP contribution >= 0.6 is 0 Å². The number of carboxylic acid groups (broad SMARTS) is 1. The highest BCUT2D eigenvalue weighted by Crippen LogP contribution is 2.21. The number of likely N-dealkylation sites (tertiary alicyclic amines) is 1. The van der Waals surface area contributed by atoms with Gasteiger partial charge in [0, 0.05) is 13.1 Å². The number of carbonyl (C=O) groups is 5. The van der Waals surface area contributed by atoms with Crippen LogP contribution in [0.1, 0.15) is 83.5 Å². The zero-order valence-corrected chi connectivity index (χ0v) is 27.0. The molecule has 0 aromatic heterocycles. The standard InChI is InChI=1S/C29H57N11O6/c30-14-4-1-9-19(33)24(41)37-20(10-2-5-15-31)25(42)38-21(12-7-17-36-29(34)35)27(44)40-18-8-13-23(40)26(43)39-22(28(45)46)11-3-6-16-32/h19-23H,1-18,30-33H2,(H,37,41)(H,38,42)(H,39,43)(H,45,46)(H4,34,35,36)/t19-,20-,21-,22-,23-/m0/s1. The Kier molecular flexibility index (Phi) is 20.1. The lowest BCUT2D eigenvalue weighted by molar-refractivity contribution is -0.145. The molecular formula is C29H57N11O6. The topological polar surface area (TPSA) is 313 Å². The Morgan fingerprint density at radius 2 is 1.28 bits per heavy atom. The third-order valence-corrected chi connectivity index (χ3v) is 7.85. The van der Waals surface area contributed by atoms with E-state index < -0.39 is 59.8 Å². The Labute approximate surface area is 271 Å². The quantitative estimate of drug-likeness (QED) is 0.0288. The van der Waals surface area contributed by atoms with Crippen molar-refractivity contribution in [1.29, 1.82) is 0 Å². The molecule has 1 heterocycles. The molecule has 0 bridgehead atoms. The largest absolute Gasteiger partial charge is 0.480 e. The number of rotatable bonds is 24. The number of hydrogen-bond acceptors (Lipinski definition) is 10. The predicted octanol–water partition coefficient (Wildman–Crippen LogP) is -2.72. The number of aliphatic imine (C=N–C) groups is 1. The van der Waals surface area contributed by atoms with Crippen LogP contribution in [0.25, 0.3) is 0 Å². The van der Waals surface area contributed by atoms with E-state index in [1.807, 2.05) is 0 Å². The molecule has 0 unspecified atom stereocenters. The van der Waals surface area contributed by atoms with Gasteiger partial charge in [-0.3, -0.25) is 24.2 Å². The number of unbranched alkanes of at least 4 members (excludes halogenated alkanes) is 3. The molecule has 1 aliphatic rings. The van der Waals surface area contributed by atoms with Gasteiger partial charge in [-0.05, 0) is 96.7 Å². The molecule has 0 aromatic carbocycles. The molecule has 0 aliphatic carbocycles. The van der Waals surface area contributed by atoms with Crippen molar-refractivity contribution in [3.05, 3.63) is 0 Å². The normalized spacial score (nSPS) is 17.0. The lowest BCUT2D eigenvalue weighted by Crippen LogP contribution is -2.58. The summed E-state index contributed by atoms with van der Waals surface area (Å²) in [4.78, 5) is 70.6. The Morgan fingerprint density at radius 3 is 1.85 bits per heavy atom. The highest BCUT2D eigenvalue weighted by Gasteiger charge is 2.39. The van der Waals surface area contributed by atoms with Gasteiger partial charge < -0.3 is 60.4 Å². The maximum atomic E-state index is 13.9.